The number of ether oxygens (including phenoxy) is 2. The summed E-state index contributed by atoms with van der Waals surface area (Å²) in [6.07, 6.45) is 1.22. The van der Waals surface area contributed by atoms with Gasteiger partial charge < -0.3 is 14.8 Å². The summed E-state index contributed by atoms with van der Waals surface area (Å²) in [4.78, 5) is 12.7. The largest absolute Gasteiger partial charge is 0.454 e. The highest BCUT2D eigenvalue weighted by Gasteiger charge is 2.33. The second-order valence-electron chi connectivity index (χ2n) is 7.25. The third-order valence-electron chi connectivity index (χ3n) is 5.14. The van der Waals surface area contributed by atoms with E-state index in [1.165, 1.54) is 10.4 Å². The summed E-state index contributed by atoms with van der Waals surface area (Å²) in [5, 5.41) is 3.60. The van der Waals surface area contributed by atoms with Crippen molar-refractivity contribution < 1.29 is 22.7 Å². The number of hydrogen-bond donors (Lipinski definition) is 1. The molecule has 2 heterocycles. The molecule has 1 N–H and O–H groups in total. The Balaban J connectivity index is 1.42. The predicted octanol–water partition coefficient (Wildman–Crippen LogP) is 3.90. The van der Waals surface area contributed by atoms with Gasteiger partial charge in [-0.1, -0.05) is 29.3 Å². The van der Waals surface area contributed by atoms with E-state index in [0.29, 0.717) is 52.2 Å². The fourth-order valence-electron chi connectivity index (χ4n) is 3.55. The SMILES string of the molecule is O=C(Nc1ccc2c(c1)OCO2)[C@H]1CCCN(S(=O)(=O)Cc2ccc(Cl)cc2Cl)C1. The van der Waals surface area contributed by atoms with Crippen molar-refractivity contribution in [3.05, 3.63) is 52.0 Å². The van der Waals surface area contributed by atoms with Gasteiger partial charge in [0.25, 0.3) is 0 Å². The second-order valence-corrected chi connectivity index (χ2v) is 10.1. The first kappa shape index (κ1) is 21.2. The monoisotopic (exact) mass is 470 g/mol. The highest BCUT2D eigenvalue weighted by Crippen LogP contribution is 2.34. The van der Waals surface area contributed by atoms with Crippen molar-refractivity contribution >= 4 is 44.8 Å². The van der Waals surface area contributed by atoms with Crippen molar-refractivity contribution in [1.82, 2.24) is 4.31 Å². The van der Waals surface area contributed by atoms with Crippen molar-refractivity contribution in [2.24, 2.45) is 5.92 Å². The maximum atomic E-state index is 12.9. The lowest BCUT2D eigenvalue weighted by Crippen LogP contribution is -2.44. The van der Waals surface area contributed by atoms with Gasteiger partial charge in [0.05, 0.1) is 11.7 Å². The van der Waals surface area contributed by atoms with Gasteiger partial charge in [0.2, 0.25) is 22.7 Å². The number of fused-ring (bicyclic) bond motifs is 1. The quantitative estimate of drug-likeness (QED) is 0.715. The Bertz CT molecular complexity index is 1080. The van der Waals surface area contributed by atoms with Crippen LogP contribution in [0.25, 0.3) is 0 Å². The van der Waals surface area contributed by atoms with Crippen LogP contribution in [0.15, 0.2) is 36.4 Å². The third kappa shape index (κ3) is 4.67. The van der Waals surface area contributed by atoms with E-state index < -0.39 is 15.9 Å². The van der Waals surface area contributed by atoms with Crippen LogP contribution < -0.4 is 14.8 Å². The number of halogens is 2. The van der Waals surface area contributed by atoms with Crippen LogP contribution in [0.4, 0.5) is 5.69 Å². The Hall–Kier alpha value is -2.00. The highest BCUT2D eigenvalue weighted by molar-refractivity contribution is 7.88. The summed E-state index contributed by atoms with van der Waals surface area (Å²) in [6.45, 7) is 0.658. The van der Waals surface area contributed by atoms with Gasteiger partial charge in [0.1, 0.15) is 0 Å². The Morgan fingerprint density at radius 1 is 1.13 bits per heavy atom. The summed E-state index contributed by atoms with van der Waals surface area (Å²) < 4.78 is 37.8. The van der Waals surface area contributed by atoms with E-state index in [0.717, 1.165) is 0 Å². The molecule has 7 nitrogen and oxygen atoms in total. The Morgan fingerprint density at radius 3 is 2.73 bits per heavy atom. The van der Waals surface area contributed by atoms with Gasteiger partial charge in [0, 0.05) is 34.9 Å². The second kappa shape index (κ2) is 8.63. The Kier molecular flexibility index (Phi) is 6.11. The maximum absolute atomic E-state index is 12.9. The number of piperidine rings is 1. The molecule has 0 bridgehead atoms. The smallest absolute Gasteiger partial charge is 0.231 e. The average Bonchev–Trinajstić information content (AvgIpc) is 3.18. The van der Waals surface area contributed by atoms with Gasteiger partial charge in [-0.2, -0.15) is 0 Å². The number of hydrogen-bond acceptors (Lipinski definition) is 5. The van der Waals surface area contributed by atoms with Crippen LogP contribution in [-0.4, -0.2) is 38.5 Å². The first-order valence-corrected chi connectivity index (χ1v) is 11.8. The molecule has 1 atom stereocenters. The van der Waals surface area contributed by atoms with E-state index in [9.17, 15) is 13.2 Å². The molecular weight excluding hydrogens is 451 g/mol. The van der Waals surface area contributed by atoms with Crippen molar-refractivity contribution in [1.29, 1.82) is 0 Å². The van der Waals surface area contributed by atoms with Gasteiger partial charge in [-0.05, 0) is 42.7 Å². The van der Waals surface area contributed by atoms with Crippen molar-refractivity contribution in [3.8, 4) is 11.5 Å². The molecule has 0 saturated carbocycles. The van der Waals surface area contributed by atoms with E-state index >= 15 is 0 Å². The van der Waals surface area contributed by atoms with E-state index in [2.05, 4.69) is 5.32 Å². The zero-order valence-electron chi connectivity index (χ0n) is 15.9. The zero-order valence-corrected chi connectivity index (χ0v) is 18.3. The minimum Gasteiger partial charge on any atom is -0.454 e. The van der Waals surface area contributed by atoms with Crippen LogP contribution in [-0.2, 0) is 20.6 Å². The van der Waals surface area contributed by atoms with Gasteiger partial charge >= 0.3 is 0 Å². The van der Waals surface area contributed by atoms with Crippen LogP contribution >= 0.6 is 23.2 Å². The van der Waals surface area contributed by atoms with Crippen LogP contribution in [0, 0.1) is 5.92 Å². The number of benzene rings is 2. The molecule has 0 aromatic heterocycles. The summed E-state index contributed by atoms with van der Waals surface area (Å²) in [5.74, 6) is 0.293. The number of sulfonamides is 1. The third-order valence-corrected chi connectivity index (χ3v) is 7.52. The molecule has 1 saturated heterocycles. The minimum atomic E-state index is -3.63. The number of carbonyl (C=O) groups excluding carboxylic acids is 1. The lowest BCUT2D eigenvalue weighted by Gasteiger charge is -2.31. The Labute approximate surface area is 184 Å². The lowest BCUT2D eigenvalue weighted by molar-refractivity contribution is -0.120. The summed E-state index contributed by atoms with van der Waals surface area (Å²) in [7, 11) is -3.63. The van der Waals surface area contributed by atoms with Gasteiger partial charge in [-0.25, -0.2) is 12.7 Å². The summed E-state index contributed by atoms with van der Waals surface area (Å²) in [6, 6.07) is 9.88. The molecule has 2 aliphatic heterocycles. The first-order valence-electron chi connectivity index (χ1n) is 9.44. The minimum absolute atomic E-state index is 0.129. The molecule has 0 aliphatic carbocycles. The molecule has 0 spiro atoms. The van der Waals surface area contributed by atoms with E-state index in [-0.39, 0.29) is 25.0 Å². The van der Waals surface area contributed by atoms with Crippen molar-refractivity contribution in [3.63, 3.8) is 0 Å². The maximum Gasteiger partial charge on any atom is 0.231 e. The Morgan fingerprint density at radius 2 is 1.93 bits per heavy atom. The highest BCUT2D eigenvalue weighted by atomic mass is 35.5. The van der Waals surface area contributed by atoms with Crippen LogP contribution in [0.5, 0.6) is 11.5 Å². The normalized spacial score (nSPS) is 18.9. The topological polar surface area (TPSA) is 84.9 Å². The molecule has 2 aliphatic rings. The summed E-state index contributed by atoms with van der Waals surface area (Å²) in [5.41, 5.74) is 1.06. The lowest BCUT2D eigenvalue weighted by atomic mass is 9.98. The first-order chi connectivity index (χ1) is 14.3. The number of rotatable bonds is 5. The number of carbonyl (C=O) groups is 1. The van der Waals surface area contributed by atoms with E-state index in [1.54, 1.807) is 30.3 Å². The van der Waals surface area contributed by atoms with E-state index in [4.69, 9.17) is 32.7 Å². The fourth-order valence-corrected chi connectivity index (χ4v) is 5.75. The number of amides is 1. The van der Waals surface area contributed by atoms with Crippen LogP contribution in [0.2, 0.25) is 10.0 Å². The molecule has 4 rings (SSSR count). The molecule has 2 aromatic carbocycles. The molecule has 30 heavy (non-hydrogen) atoms. The fraction of sp³-hybridized carbons (Fsp3) is 0.350. The summed E-state index contributed by atoms with van der Waals surface area (Å²) >= 11 is 12.0. The van der Waals surface area contributed by atoms with Gasteiger partial charge in [-0.15, -0.1) is 0 Å². The molecule has 1 fully saturated rings. The molecule has 1 amide bonds. The number of anilines is 1. The van der Waals surface area contributed by atoms with Crippen LogP contribution in [0.3, 0.4) is 0 Å². The van der Waals surface area contributed by atoms with Gasteiger partial charge in [0.15, 0.2) is 11.5 Å². The average molecular weight is 471 g/mol. The van der Waals surface area contributed by atoms with Gasteiger partial charge in [-0.3, -0.25) is 4.79 Å². The standard InChI is InChI=1S/C20H20Cl2N2O5S/c21-15-4-3-14(17(22)8-15)11-30(26,27)24-7-1-2-13(10-24)20(25)23-16-5-6-18-19(9-16)29-12-28-18/h3-6,8-9,13H,1-2,7,10-12H2,(H,23,25)/t13-/m0/s1. The molecular formula is C20H20Cl2N2O5S. The molecule has 0 unspecified atom stereocenters. The van der Waals surface area contributed by atoms with Crippen LogP contribution in [0.1, 0.15) is 18.4 Å². The van der Waals surface area contributed by atoms with E-state index in [1.807, 2.05) is 0 Å². The molecule has 0 radical (unpaired) electrons. The zero-order chi connectivity index (χ0) is 21.3. The molecule has 2 aromatic rings. The van der Waals surface area contributed by atoms with Crippen molar-refractivity contribution in [2.75, 3.05) is 25.2 Å². The molecule has 160 valence electrons. The number of nitrogens with zero attached hydrogens (tertiary/aromatic N) is 1. The predicted molar refractivity (Wildman–Crippen MR) is 115 cm³/mol. The molecule has 10 heteroatoms. The number of nitrogens with one attached hydrogen (secondary N) is 1. The van der Waals surface area contributed by atoms with Crippen molar-refractivity contribution in [2.45, 2.75) is 18.6 Å².